The molecule has 98 valence electrons. The summed E-state index contributed by atoms with van der Waals surface area (Å²) in [7, 11) is 0. The summed E-state index contributed by atoms with van der Waals surface area (Å²) >= 11 is 0. The predicted molar refractivity (Wildman–Crippen MR) is 65.6 cm³/mol. The van der Waals surface area contributed by atoms with E-state index in [1.54, 1.807) is 6.92 Å². The Hall–Kier alpha value is -0.900. The first-order valence-corrected chi connectivity index (χ1v) is 6.44. The maximum absolute atomic E-state index is 12.3. The van der Waals surface area contributed by atoms with E-state index in [-0.39, 0.29) is 17.7 Å². The summed E-state index contributed by atoms with van der Waals surface area (Å²) in [5.74, 6) is 0.00304. The molecule has 4 nitrogen and oxygen atoms in total. The van der Waals surface area contributed by atoms with Gasteiger partial charge in [-0.3, -0.25) is 9.59 Å². The molecule has 17 heavy (non-hydrogen) atoms. The number of esters is 1. The normalized spacial score (nSPS) is 19.1. The van der Waals surface area contributed by atoms with E-state index < -0.39 is 5.41 Å². The van der Waals surface area contributed by atoms with E-state index >= 15 is 0 Å². The minimum Gasteiger partial charge on any atom is -0.465 e. The number of hydrogen-bond acceptors (Lipinski definition) is 4. The zero-order valence-corrected chi connectivity index (χ0v) is 11.0. The number of ketones is 1. The van der Waals surface area contributed by atoms with Gasteiger partial charge in [-0.25, -0.2) is 0 Å². The van der Waals surface area contributed by atoms with Crippen LogP contribution < -0.4 is 5.32 Å². The molecule has 0 amide bonds. The number of hydrogen-bond donors (Lipinski definition) is 1. The second kappa shape index (κ2) is 6.15. The Morgan fingerprint density at radius 1 is 1.29 bits per heavy atom. The van der Waals surface area contributed by atoms with Gasteiger partial charge < -0.3 is 10.1 Å². The first-order valence-electron chi connectivity index (χ1n) is 6.44. The van der Waals surface area contributed by atoms with Crippen molar-refractivity contribution in [2.75, 3.05) is 19.7 Å². The number of nitrogens with one attached hydrogen (secondary N) is 1. The molecule has 0 aliphatic carbocycles. The van der Waals surface area contributed by atoms with Crippen molar-refractivity contribution in [1.82, 2.24) is 5.32 Å². The van der Waals surface area contributed by atoms with Gasteiger partial charge in [0.15, 0.2) is 5.78 Å². The zero-order chi connectivity index (χ0) is 12.9. The van der Waals surface area contributed by atoms with Gasteiger partial charge in [0.1, 0.15) is 5.41 Å². The Morgan fingerprint density at radius 2 is 1.88 bits per heavy atom. The fourth-order valence-corrected chi connectivity index (χ4v) is 2.29. The zero-order valence-electron chi connectivity index (χ0n) is 11.0. The van der Waals surface area contributed by atoms with Crippen molar-refractivity contribution in [2.45, 2.75) is 40.0 Å². The third kappa shape index (κ3) is 3.28. The van der Waals surface area contributed by atoms with Crippen LogP contribution in [0.15, 0.2) is 0 Å². The van der Waals surface area contributed by atoms with E-state index in [1.807, 2.05) is 13.8 Å². The predicted octanol–water partition coefficient (Wildman–Crippen LogP) is 1.53. The molecule has 0 unspecified atom stereocenters. The van der Waals surface area contributed by atoms with E-state index in [0.717, 1.165) is 0 Å². The average Bonchev–Trinajstić information content (AvgIpc) is 2.29. The molecule has 1 fully saturated rings. The largest absolute Gasteiger partial charge is 0.465 e. The van der Waals surface area contributed by atoms with Gasteiger partial charge in [0.2, 0.25) is 0 Å². The van der Waals surface area contributed by atoms with Crippen LogP contribution >= 0.6 is 0 Å². The highest BCUT2D eigenvalue weighted by molar-refractivity contribution is 6.04. The quantitative estimate of drug-likeness (QED) is 0.586. The summed E-state index contributed by atoms with van der Waals surface area (Å²) < 4.78 is 5.10. The minimum absolute atomic E-state index is 0.0486. The molecule has 1 N–H and O–H groups in total. The van der Waals surface area contributed by atoms with Gasteiger partial charge in [0, 0.05) is 6.42 Å². The van der Waals surface area contributed by atoms with Crippen molar-refractivity contribution in [3.63, 3.8) is 0 Å². The van der Waals surface area contributed by atoms with Crippen LogP contribution in [0.4, 0.5) is 0 Å². The van der Waals surface area contributed by atoms with Crippen molar-refractivity contribution in [1.29, 1.82) is 0 Å². The topological polar surface area (TPSA) is 55.4 Å². The summed E-state index contributed by atoms with van der Waals surface area (Å²) in [5.41, 5.74) is -0.883. The van der Waals surface area contributed by atoms with Crippen LogP contribution in [-0.2, 0) is 14.3 Å². The van der Waals surface area contributed by atoms with Gasteiger partial charge in [0.05, 0.1) is 6.61 Å². The Balaban J connectivity index is 2.84. The lowest BCUT2D eigenvalue weighted by molar-refractivity contribution is -0.162. The number of piperidine rings is 1. The third-order valence-electron chi connectivity index (χ3n) is 3.25. The minimum atomic E-state index is -0.883. The molecule has 1 aliphatic rings. The monoisotopic (exact) mass is 241 g/mol. The Kier molecular flexibility index (Phi) is 5.12. The number of carbonyl (C=O) groups is 2. The molecule has 0 aromatic rings. The molecule has 0 radical (unpaired) electrons. The molecule has 1 aliphatic heterocycles. The molecule has 0 atom stereocenters. The number of rotatable bonds is 5. The second-order valence-electron chi connectivity index (χ2n) is 5.07. The van der Waals surface area contributed by atoms with Gasteiger partial charge in [-0.1, -0.05) is 13.8 Å². The number of ether oxygens (including phenoxy) is 1. The van der Waals surface area contributed by atoms with E-state index in [2.05, 4.69) is 5.32 Å². The fraction of sp³-hybridized carbons (Fsp3) is 0.846. The molecule has 1 heterocycles. The smallest absolute Gasteiger partial charge is 0.319 e. The third-order valence-corrected chi connectivity index (χ3v) is 3.25. The second-order valence-corrected chi connectivity index (χ2v) is 5.07. The maximum atomic E-state index is 12.3. The van der Waals surface area contributed by atoms with Crippen LogP contribution in [0.25, 0.3) is 0 Å². The lowest BCUT2D eigenvalue weighted by atomic mass is 9.73. The average molecular weight is 241 g/mol. The highest BCUT2D eigenvalue weighted by atomic mass is 16.5. The molecule has 0 bridgehead atoms. The summed E-state index contributed by atoms with van der Waals surface area (Å²) in [6.07, 6.45) is 1.59. The maximum Gasteiger partial charge on any atom is 0.319 e. The van der Waals surface area contributed by atoms with Crippen molar-refractivity contribution in [3.05, 3.63) is 0 Å². The van der Waals surface area contributed by atoms with Crippen molar-refractivity contribution >= 4 is 11.8 Å². The Morgan fingerprint density at radius 3 is 2.35 bits per heavy atom. The summed E-state index contributed by atoms with van der Waals surface area (Å²) in [5, 5.41) is 3.18. The first-order chi connectivity index (χ1) is 8.03. The van der Waals surface area contributed by atoms with Crippen molar-refractivity contribution in [2.24, 2.45) is 11.3 Å². The standard InChI is InChI=1S/C13H23NO3/c1-4-17-12(16)13(5-7-14-8-6-13)11(15)9-10(2)3/h10,14H,4-9H2,1-3H3. The Labute approximate surface area is 103 Å². The van der Waals surface area contributed by atoms with Crippen LogP contribution in [0.1, 0.15) is 40.0 Å². The molecule has 1 saturated heterocycles. The molecule has 1 rings (SSSR count). The van der Waals surface area contributed by atoms with Crippen LogP contribution in [0.2, 0.25) is 0 Å². The van der Waals surface area contributed by atoms with E-state index in [9.17, 15) is 9.59 Å². The van der Waals surface area contributed by atoms with Crippen LogP contribution in [0, 0.1) is 11.3 Å². The molecule has 0 aromatic heterocycles. The summed E-state index contributed by atoms with van der Waals surface area (Å²) in [4.78, 5) is 24.4. The highest BCUT2D eigenvalue weighted by Gasteiger charge is 2.47. The fourth-order valence-electron chi connectivity index (χ4n) is 2.29. The van der Waals surface area contributed by atoms with Crippen molar-refractivity contribution < 1.29 is 14.3 Å². The Bertz CT molecular complexity index is 280. The highest BCUT2D eigenvalue weighted by Crippen LogP contribution is 2.33. The van der Waals surface area contributed by atoms with Gasteiger partial charge in [-0.05, 0) is 38.8 Å². The molecule has 0 saturated carbocycles. The summed E-state index contributed by atoms with van der Waals surface area (Å²) in [6, 6.07) is 0. The lowest BCUT2D eigenvalue weighted by Crippen LogP contribution is -2.48. The molecule has 4 heteroatoms. The van der Waals surface area contributed by atoms with Gasteiger partial charge >= 0.3 is 5.97 Å². The molecule has 0 spiro atoms. The van der Waals surface area contributed by atoms with Crippen LogP contribution in [0.3, 0.4) is 0 Å². The van der Waals surface area contributed by atoms with E-state index in [1.165, 1.54) is 0 Å². The molecule has 0 aromatic carbocycles. The van der Waals surface area contributed by atoms with Gasteiger partial charge in [-0.15, -0.1) is 0 Å². The van der Waals surface area contributed by atoms with Gasteiger partial charge in [0.25, 0.3) is 0 Å². The number of carbonyl (C=O) groups excluding carboxylic acids is 2. The van der Waals surface area contributed by atoms with Crippen molar-refractivity contribution in [3.8, 4) is 0 Å². The van der Waals surface area contributed by atoms with E-state index in [0.29, 0.717) is 39.0 Å². The van der Waals surface area contributed by atoms with Crippen LogP contribution in [-0.4, -0.2) is 31.4 Å². The van der Waals surface area contributed by atoms with Crippen LogP contribution in [0.5, 0.6) is 0 Å². The molecular weight excluding hydrogens is 218 g/mol. The number of Topliss-reactive ketones (excluding diaryl/α,β-unsaturated/α-hetero) is 1. The van der Waals surface area contributed by atoms with E-state index in [4.69, 9.17) is 4.74 Å². The SMILES string of the molecule is CCOC(=O)C1(C(=O)CC(C)C)CCNCC1. The summed E-state index contributed by atoms with van der Waals surface area (Å²) in [6.45, 7) is 7.53. The van der Waals surface area contributed by atoms with Gasteiger partial charge in [-0.2, -0.15) is 0 Å². The lowest BCUT2D eigenvalue weighted by Gasteiger charge is -2.34. The first kappa shape index (κ1) is 14.2. The molecular formula is C13H23NO3.